The maximum absolute atomic E-state index is 5.35. The van der Waals surface area contributed by atoms with Gasteiger partial charge >= 0.3 is 0 Å². The zero-order valence-corrected chi connectivity index (χ0v) is 13.0. The van der Waals surface area contributed by atoms with E-state index in [2.05, 4.69) is 21.8 Å². The van der Waals surface area contributed by atoms with Crippen LogP contribution < -0.4 is 0 Å². The van der Waals surface area contributed by atoms with Crippen LogP contribution in [-0.2, 0) is 0 Å². The third-order valence-corrected chi connectivity index (χ3v) is 3.43. The van der Waals surface area contributed by atoms with Crippen molar-refractivity contribution in [2.75, 3.05) is 0 Å². The Hall–Kier alpha value is -3.62. The van der Waals surface area contributed by atoms with Crippen molar-refractivity contribution in [1.82, 2.24) is 0 Å². The molecular formula is C22H14N2. The fourth-order valence-corrected chi connectivity index (χ4v) is 2.16. The van der Waals surface area contributed by atoms with Crippen molar-refractivity contribution in [3.05, 3.63) is 84.0 Å². The Bertz CT molecular complexity index is 842. The molecule has 0 heterocycles. The molecule has 0 fully saturated rings. The predicted octanol–water partition coefficient (Wildman–Crippen LogP) is 4.62. The van der Waals surface area contributed by atoms with E-state index in [0.717, 1.165) is 33.9 Å². The minimum atomic E-state index is 0.846. The van der Waals surface area contributed by atoms with Gasteiger partial charge in [-0.1, -0.05) is 11.8 Å². The number of rotatable bonds is 2. The summed E-state index contributed by atoms with van der Waals surface area (Å²) in [6, 6.07) is 15.1. The van der Waals surface area contributed by atoms with E-state index in [9.17, 15) is 0 Å². The Morgan fingerprint density at radius 2 is 0.875 bits per heavy atom. The summed E-state index contributed by atoms with van der Waals surface area (Å²) in [4.78, 5) is 9.11. The average Bonchev–Trinajstić information content (AvgIpc) is 2.65. The smallest absolute Gasteiger partial charge is 0.0638 e. The molecule has 1 aliphatic rings. The van der Waals surface area contributed by atoms with Gasteiger partial charge in [-0.25, -0.2) is 9.98 Å². The first kappa shape index (κ1) is 15.3. The second-order valence-electron chi connectivity index (χ2n) is 5.12. The van der Waals surface area contributed by atoms with E-state index < -0.39 is 0 Å². The summed E-state index contributed by atoms with van der Waals surface area (Å²) in [5, 5.41) is 0. The van der Waals surface area contributed by atoms with Gasteiger partial charge in [-0.05, 0) is 72.8 Å². The molecule has 0 aliphatic heterocycles. The van der Waals surface area contributed by atoms with Gasteiger partial charge in [0.25, 0.3) is 0 Å². The molecule has 0 aromatic heterocycles. The number of allylic oxidation sites excluding steroid dienone is 4. The summed E-state index contributed by atoms with van der Waals surface area (Å²) in [5.74, 6) is 5.18. The number of benzene rings is 2. The molecule has 0 saturated carbocycles. The summed E-state index contributed by atoms with van der Waals surface area (Å²) in [5.41, 5.74) is 5.15. The van der Waals surface area contributed by atoms with Crippen molar-refractivity contribution in [1.29, 1.82) is 0 Å². The fraction of sp³-hybridized carbons (Fsp3) is 0. The zero-order chi connectivity index (χ0) is 16.8. The third kappa shape index (κ3) is 3.77. The molecule has 1 aliphatic carbocycles. The summed E-state index contributed by atoms with van der Waals surface area (Å²) >= 11 is 0. The molecule has 0 atom stereocenters. The summed E-state index contributed by atoms with van der Waals surface area (Å²) in [6.07, 6.45) is 18.4. The van der Waals surface area contributed by atoms with Gasteiger partial charge < -0.3 is 0 Å². The van der Waals surface area contributed by atoms with Crippen molar-refractivity contribution < 1.29 is 0 Å². The first-order valence-corrected chi connectivity index (χ1v) is 7.44. The lowest BCUT2D eigenvalue weighted by molar-refractivity contribution is 1.49. The lowest BCUT2D eigenvalue weighted by Crippen LogP contribution is -1.99. The maximum atomic E-state index is 5.35. The van der Waals surface area contributed by atoms with E-state index in [0.29, 0.717) is 0 Å². The summed E-state index contributed by atoms with van der Waals surface area (Å²) in [7, 11) is 0. The first-order valence-electron chi connectivity index (χ1n) is 7.44. The molecule has 0 N–H and O–H groups in total. The van der Waals surface area contributed by atoms with Crippen LogP contribution in [0.1, 0.15) is 11.1 Å². The van der Waals surface area contributed by atoms with Gasteiger partial charge in [-0.2, -0.15) is 0 Å². The molecule has 0 bridgehead atoms. The molecule has 112 valence electrons. The molecule has 24 heavy (non-hydrogen) atoms. The first-order chi connectivity index (χ1) is 11.8. The van der Waals surface area contributed by atoms with E-state index in [1.165, 1.54) is 0 Å². The number of terminal acetylenes is 2. The Labute approximate surface area is 142 Å². The van der Waals surface area contributed by atoms with Gasteiger partial charge in [0, 0.05) is 11.1 Å². The zero-order valence-electron chi connectivity index (χ0n) is 13.0. The maximum Gasteiger partial charge on any atom is 0.0638 e. The fourth-order valence-electron chi connectivity index (χ4n) is 2.16. The van der Waals surface area contributed by atoms with E-state index in [4.69, 9.17) is 12.8 Å². The van der Waals surface area contributed by atoms with Gasteiger partial charge in [0.15, 0.2) is 0 Å². The monoisotopic (exact) mass is 306 g/mol. The molecule has 3 rings (SSSR count). The van der Waals surface area contributed by atoms with Crippen molar-refractivity contribution in [3.8, 4) is 24.7 Å². The Kier molecular flexibility index (Phi) is 4.52. The van der Waals surface area contributed by atoms with Gasteiger partial charge in [0.05, 0.1) is 22.8 Å². The van der Waals surface area contributed by atoms with Gasteiger partial charge in [0.1, 0.15) is 0 Å². The second kappa shape index (κ2) is 7.09. The van der Waals surface area contributed by atoms with E-state index in [-0.39, 0.29) is 0 Å². The number of nitrogens with zero attached hydrogens (tertiary/aromatic N) is 2. The SMILES string of the molecule is C#Cc1ccc(N=C2C=CC(=Nc3ccc(C#C)cc3)C=C2)cc1. The molecular weight excluding hydrogens is 292 g/mol. The minimum Gasteiger partial charge on any atom is -0.249 e. The van der Waals surface area contributed by atoms with E-state index in [1.54, 1.807) is 0 Å². The molecule has 0 radical (unpaired) electrons. The summed E-state index contributed by atoms with van der Waals surface area (Å²) < 4.78 is 0. The molecule has 2 aromatic rings. The highest BCUT2D eigenvalue weighted by molar-refractivity contribution is 6.19. The standard InChI is InChI=1S/C22H14N2/c1-3-17-5-9-19(10-6-17)23-21-13-15-22(16-14-21)24-20-11-7-18(4-2)8-12-20/h1-2,5-16H. The average molecular weight is 306 g/mol. The Morgan fingerprint density at radius 1 is 0.542 bits per heavy atom. The van der Waals surface area contributed by atoms with Crippen LogP contribution in [-0.4, -0.2) is 11.4 Å². The van der Waals surface area contributed by atoms with Gasteiger partial charge in [0.2, 0.25) is 0 Å². The van der Waals surface area contributed by atoms with Gasteiger partial charge in [-0.3, -0.25) is 0 Å². The molecule has 2 nitrogen and oxygen atoms in total. The largest absolute Gasteiger partial charge is 0.249 e. The quantitative estimate of drug-likeness (QED) is 0.571. The highest BCUT2D eigenvalue weighted by Crippen LogP contribution is 2.16. The van der Waals surface area contributed by atoms with Crippen LogP contribution in [0.25, 0.3) is 0 Å². The van der Waals surface area contributed by atoms with Crippen LogP contribution in [0.3, 0.4) is 0 Å². The number of hydrogen-bond acceptors (Lipinski definition) is 2. The lowest BCUT2D eigenvalue weighted by Gasteiger charge is -2.03. The lowest BCUT2D eigenvalue weighted by atomic mass is 10.1. The van der Waals surface area contributed by atoms with E-state index in [1.807, 2.05) is 72.8 Å². The van der Waals surface area contributed by atoms with Crippen LogP contribution in [0.5, 0.6) is 0 Å². The normalized spacial score (nSPS) is 12.4. The number of aliphatic imine (C=N–C) groups is 2. The second-order valence-corrected chi connectivity index (χ2v) is 5.12. The Morgan fingerprint density at radius 3 is 1.17 bits per heavy atom. The molecule has 0 unspecified atom stereocenters. The van der Waals surface area contributed by atoms with E-state index >= 15 is 0 Å². The molecule has 0 amide bonds. The topological polar surface area (TPSA) is 24.7 Å². The number of hydrogen-bond donors (Lipinski definition) is 0. The van der Waals surface area contributed by atoms with Crippen molar-refractivity contribution >= 4 is 22.8 Å². The van der Waals surface area contributed by atoms with Crippen molar-refractivity contribution in [3.63, 3.8) is 0 Å². The third-order valence-electron chi connectivity index (χ3n) is 3.43. The van der Waals surface area contributed by atoms with Crippen LogP contribution in [0, 0.1) is 24.7 Å². The highest BCUT2D eigenvalue weighted by atomic mass is 14.8. The highest BCUT2D eigenvalue weighted by Gasteiger charge is 2.00. The van der Waals surface area contributed by atoms with Crippen molar-refractivity contribution in [2.24, 2.45) is 9.98 Å². The molecule has 0 saturated heterocycles. The van der Waals surface area contributed by atoms with Crippen LogP contribution in [0.15, 0.2) is 82.8 Å². The Balaban J connectivity index is 1.74. The molecule has 2 aromatic carbocycles. The van der Waals surface area contributed by atoms with Crippen molar-refractivity contribution in [2.45, 2.75) is 0 Å². The molecule has 0 spiro atoms. The minimum absolute atomic E-state index is 0.846. The predicted molar refractivity (Wildman–Crippen MR) is 101 cm³/mol. The van der Waals surface area contributed by atoms with Crippen LogP contribution >= 0.6 is 0 Å². The summed E-state index contributed by atoms with van der Waals surface area (Å²) in [6.45, 7) is 0. The van der Waals surface area contributed by atoms with Crippen LogP contribution in [0.4, 0.5) is 11.4 Å². The molecule has 2 heteroatoms. The van der Waals surface area contributed by atoms with Crippen LogP contribution in [0.2, 0.25) is 0 Å². The van der Waals surface area contributed by atoms with Gasteiger partial charge in [-0.15, -0.1) is 12.8 Å².